The van der Waals surface area contributed by atoms with E-state index in [2.05, 4.69) is 4.98 Å². The summed E-state index contributed by atoms with van der Waals surface area (Å²) in [4.78, 5) is 31.4. The Morgan fingerprint density at radius 3 is 2.38 bits per heavy atom. The molecule has 0 bridgehead atoms. The van der Waals surface area contributed by atoms with E-state index >= 15 is 0 Å². The third-order valence-corrected chi connectivity index (χ3v) is 5.00. The summed E-state index contributed by atoms with van der Waals surface area (Å²) in [7, 11) is 0. The molecule has 0 radical (unpaired) electrons. The molecule has 4 rings (SSSR count). The van der Waals surface area contributed by atoms with E-state index in [-0.39, 0.29) is 18.1 Å². The number of benzene rings is 2. The fourth-order valence-electron chi connectivity index (χ4n) is 3.43. The molecule has 2 heterocycles. The van der Waals surface area contributed by atoms with Crippen LogP contribution in [-0.2, 0) is 11.2 Å². The number of amides is 1. The van der Waals surface area contributed by atoms with Gasteiger partial charge in [0.2, 0.25) is 0 Å². The highest BCUT2D eigenvalue weighted by Crippen LogP contribution is 2.22. The number of pyridine rings is 1. The van der Waals surface area contributed by atoms with E-state index in [9.17, 15) is 9.59 Å². The molecule has 1 saturated heterocycles. The summed E-state index contributed by atoms with van der Waals surface area (Å²) in [6, 6.07) is 20.6. The molecule has 1 aliphatic rings. The summed E-state index contributed by atoms with van der Waals surface area (Å²) < 4.78 is 5.33. The van der Waals surface area contributed by atoms with Gasteiger partial charge in [-0.1, -0.05) is 42.5 Å². The molecule has 1 fully saturated rings. The zero-order valence-corrected chi connectivity index (χ0v) is 16.1. The highest BCUT2D eigenvalue weighted by Gasteiger charge is 2.19. The van der Waals surface area contributed by atoms with Crippen molar-refractivity contribution in [3.05, 3.63) is 89.7 Å². The van der Waals surface area contributed by atoms with Crippen molar-refractivity contribution in [3.63, 3.8) is 0 Å². The third-order valence-electron chi connectivity index (χ3n) is 5.00. The van der Waals surface area contributed by atoms with Crippen LogP contribution in [0.15, 0.2) is 72.9 Å². The fraction of sp³-hybridized carbons (Fsp3) is 0.208. The van der Waals surface area contributed by atoms with Gasteiger partial charge in [-0.05, 0) is 35.4 Å². The van der Waals surface area contributed by atoms with Crippen molar-refractivity contribution in [2.45, 2.75) is 6.42 Å². The number of rotatable bonds is 5. The summed E-state index contributed by atoms with van der Waals surface area (Å²) >= 11 is 0. The first-order valence-corrected chi connectivity index (χ1v) is 9.71. The van der Waals surface area contributed by atoms with Crippen LogP contribution in [0.5, 0.6) is 0 Å². The van der Waals surface area contributed by atoms with Crippen molar-refractivity contribution in [2.24, 2.45) is 0 Å². The van der Waals surface area contributed by atoms with Gasteiger partial charge in [0, 0.05) is 36.1 Å². The number of aromatic nitrogens is 1. The Morgan fingerprint density at radius 1 is 0.862 bits per heavy atom. The largest absolute Gasteiger partial charge is 0.378 e. The number of ether oxygens (including phenoxy) is 1. The number of hydrogen-bond donors (Lipinski definition) is 0. The number of nitrogens with zero attached hydrogens (tertiary/aromatic N) is 2. The molecule has 0 saturated carbocycles. The smallest absolute Gasteiger partial charge is 0.254 e. The van der Waals surface area contributed by atoms with Gasteiger partial charge >= 0.3 is 0 Å². The van der Waals surface area contributed by atoms with Gasteiger partial charge in [0.05, 0.1) is 19.6 Å². The van der Waals surface area contributed by atoms with Crippen LogP contribution in [0, 0.1) is 0 Å². The quantitative estimate of drug-likeness (QED) is 0.628. The van der Waals surface area contributed by atoms with Crippen molar-refractivity contribution in [2.75, 3.05) is 26.3 Å². The lowest BCUT2D eigenvalue weighted by Crippen LogP contribution is -2.40. The Bertz CT molecular complexity index is 1010. The summed E-state index contributed by atoms with van der Waals surface area (Å²) in [5, 5.41) is 0. The highest BCUT2D eigenvalue weighted by atomic mass is 16.5. The van der Waals surface area contributed by atoms with Gasteiger partial charge in [0.15, 0.2) is 5.78 Å². The number of morpholine rings is 1. The number of carbonyl (C=O) groups is 2. The Labute approximate surface area is 170 Å². The molecule has 0 spiro atoms. The van der Waals surface area contributed by atoms with Crippen LogP contribution in [-0.4, -0.2) is 47.9 Å². The second kappa shape index (κ2) is 8.80. The number of Topliss-reactive ketones (excluding diaryl/α,β-unsaturated/α-hetero) is 1. The van der Waals surface area contributed by atoms with Crippen LogP contribution in [0.4, 0.5) is 0 Å². The highest BCUT2D eigenvalue weighted by molar-refractivity contribution is 5.97. The van der Waals surface area contributed by atoms with Crippen LogP contribution < -0.4 is 0 Å². The molecule has 0 unspecified atom stereocenters. The van der Waals surface area contributed by atoms with Gasteiger partial charge < -0.3 is 9.64 Å². The summed E-state index contributed by atoms with van der Waals surface area (Å²) in [5.41, 5.74) is 3.91. The maximum Gasteiger partial charge on any atom is 0.254 e. The monoisotopic (exact) mass is 386 g/mol. The zero-order valence-electron chi connectivity index (χ0n) is 16.1. The van der Waals surface area contributed by atoms with E-state index in [1.165, 1.54) is 0 Å². The van der Waals surface area contributed by atoms with Crippen molar-refractivity contribution >= 4 is 11.7 Å². The third kappa shape index (κ3) is 4.58. The molecule has 2 aromatic carbocycles. The first-order chi connectivity index (χ1) is 14.2. The maximum absolute atomic E-state index is 12.8. The van der Waals surface area contributed by atoms with Crippen LogP contribution in [0.2, 0.25) is 0 Å². The van der Waals surface area contributed by atoms with Gasteiger partial charge in [-0.15, -0.1) is 0 Å². The van der Waals surface area contributed by atoms with Crippen molar-refractivity contribution in [3.8, 4) is 11.1 Å². The predicted octanol–water partition coefficient (Wildman–Crippen LogP) is 3.65. The van der Waals surface area contributed by atoms with Gasteiger partial charge in [0.1, 0.15) is 0 Å². The Morgan fingerprint density at radius 2 is 1.59 bits per heavy atom. The first kappa shape index (κ1) is 19.0. The number of ketones is 1. The molecule has 5 heteroatoms. The molecule has 0 aliphatic carbocycles. The minimum atomic E-state index is 0.0173. The molecular weight excluding hydrogens is 364 g/mol. The fourth-order valence-corrected chi connectivity index (χ4v) is 3.43. The van der Waals surface area contributed by atoms with E-state index < -0.39 is 0 Å². The van der Waals surface area contributed by atoms with Gasteiger partial charge in [-0.25, -0.2) is 0 Å². The van der Waals surface area contributed by atoms with E-state index in [4.69, 9.17) is 4.74 Å². The summed E-state index contributed by atoms with van der Waals surface area (Å²) in [5.74, 6) is 0.0511. The standard InChI is InChI=1S/C24H22N2O3/c27-23(18-5-2-1-3-6-18)17-22-16-20(9-10-25-22)19-7-4-8-21(15-19)24(28)26-11-13-29-14-12-26/h1-10,15-16H,11-14,17H2. The summed E-state index contributed by atoms with van der Waals surface area (Å²) in [6.07, 6.45) is 1.95. The second-order valence-electron chi connectivity index (χ2n) is 6.99. The topological polar surface area (TPSA) is 59.5 Å². The lowest BCUT2D eigenvalue weighted by molar-refractivity contribution is 0.0303. The average Bonchev–Trinajstić information content (AvgIpc) is 2.80. The summed E-state index contributed by atoms with van der Waals surface area (Å²) in [6.45, 7) is 2.39. The van der Waals surface area contributed by atoms with Crippen LogP contribution in [0.25, 0.3) is 11.1 Å². The minimum Gasteiger partial charge on any atom is -0.378 e. The second-order valence-corrected chi connectivity index (χ2v) is 6.99. The van der Waals surface area contributed by atoms with Gasteiger partial charge in [-0.3, -0.25) is 14.6 Å². The molecule has 1 amide bonds. The first-order valence-electron chi connectivity index (χ1n) is 9.71. The SMILES string of the molecule is O=C(Cc1cc(-c2cccc(C(=O)N3CCOCC3)c2)ccn1)c1ccccc1. The molecule has 1 aliphatic heterocycles. The zero-order chi connectivity index (χ0) is 20.1. The van der Waals surface area contributed by atoms with Crippen LogP contribution in [0.3, 0.4) is 0 Å². The van der Waals surface area contributed by atoms with Gasteiger partial charge in [0.25, 0.3) is 5.91 Å². The van der Waals surface area contributed by atoms with E-state index in [0.29, 0.717) is 43.1 Å². The Kier molecular flexibility index (Phi) is 5.77. The van der Waals surface area contributed by atoms with Crippen molar-refractivity contribution < 1.29 is 14.3 Å². The molecule has 5 nitrogen and oxygen atoms in total. The van der Waals surface area contributed by atoms with Crippen molar-refractivity contribution in [1.29, 1.82) is 0 Å². The van der Waals surface area contributed by atoms with E-state index in [1.54, 1.807) is 6.20 Å². The molecular formula is C24H22N2O3. The molecule has 1 aromatic heterocycles. The number of hydrogen-bond acceptors (Lipinski definition) is 4. The predicted molar refractivity (Wildman–Crippen MR) is 111 cm³/mol. The van der Waals surface area contributed by atoms with E-state index in [1.807, 2.05) is 71.6 Å². The normalized spacial score (nSPS) is 13.9. The molecule has 0 N–H and O–H groups in total. The average molecular weight is 386 g/mol. The molecule has 29 heavy (non-hydrogen) atoms. The molecule has 146 valence electrons. The Balaban J connectivity index is 1.53. The lowest BCUT2D eigenvalue weighted by Gasteiger charge is -2.27. The van der Waals surface area contributed by atoms with Crippen LogP contribution >= 0.6 is 0 Å². The van der Waals surface area contributed by atoms with Gasteiger partial charge in [-0.2, -0.15) is 0 Å². The van der Waals surface area contributed by atoms with Crippen LogP contribution in [0.1, 0.15) is 26.4 Å². The minimum absolute atomic E-state index is 0.0173. The molecule has 3 aromatic rings. The molecule has 0 atom stereocenters. The van der Waals surface area contributed by atoms with E-state index in [0.717, 1.165) is 11.1 Å². The maximum atomic E-state index is 12.8. The number of carbonyl (C=O) groups excluding carboxylic acids is 2. The van der Waals surface area contributed by atoms with Crippen molar-refractivity contribution in [1.82, 2.24) is 9.88 Å². The Hall–Kier alpha value is -3.31. The lowest BCUT2D eigenvalue weighted by atomic mass is 10.0.